The smallest absolute Gasteiger partial charge is 0.365 e. The zero-order valence-electron chi connectivity index (χ0n) is 12.6. The summed E-state index contributed by atoms with van der Waals surface area (Å²) in [7, 11) is 0. The van der Waals surface area contributed by atoms with Gasteiger partial charge in [-0.2, -0.15) is 13.2 Å². The second-order valence-corrected chi connectivity index (χ2v) is 6.05. The van der Waals surface area contributed by atoms with Crippen LogP contribution in [-0.4, -0.2) is 20.8 Å². The van der Waals surface area contributed by atoms with Crippen LogP contribution in [0, 0.1) is 10.1 Å². The molecule has 8 nitrogen and oxygen atoms in total. The Morgan fingerprint density at radius 1 is 1.31 bits per heavy atom. The van der Waals surface area contributed by atoms with E-state index >= 15 is 0 Å². The molecule has 3 N–H and O–H groups in total. The quantitative estimate of drug-likeness (QED) is 0.474. The van der Waals surface area contributed by atoms with Crippen LogP contribution in [0.1, 0.15) is 11.5 Å². The van der Waals surface area contributed by atoms with E-state index < -0.39 is 28.5 Å². The lowest BCUT2D eigenvalue weighted by Gasteiger charge is -2.09. The number of halogens is 3. The van der Waals surface area contributed by atoms with Crippen molar-refractivity contribution in [3.05, 3.63) is 57.1 Å². The third-order valence-electron chi connectivity index (χ3n) is 3.28. The van der Waals surface area contributed by atoms with Crippen LogP contribution < -0.4 is 11.1 Å². The highest BCUT2D eigenvalue weighted by molar-refractivity contribution is 8.04. The van der Waals surface area contributed by atoms with Gasteiger partial charge < -0.3 is 11.1 Å². The number of fused-ring (bicyclic) bond motifs is 1. The summed E-state index contributed by atoms with van der Waals surface area (Å²) >= 11 is 0.914. The molecule has 0 unspecified atom stereocenters. The molecule has 0 bridgehead atoms. The largest absolute Gasteiger partial charge is 0.433 e. The maximum atomic E-state index is 12.8. The monoisotopic (exact) mass is 383 g/mol. The molecule has 0 aliphatic carbocycles. The summed E-state index contributed by atoms with van der Waals surface area (Å²) in [6.45, 7) is 0. The number of nitrogens with zero attached hydrogens (tertiary/aromatic N) is 3. The Morgan fingerprint density at radius 3 is 2.65 bits per heavy atom. The number of nitrogens with one attached hydrogen (secondary N) is 1. The highest BCUT2D eigenvalue weighted by Gasteiger charge is 2.34. The molecule has 26 heavy (non-hydrogen) atoms. The van der Waals surface area contributed by atoms with E-state index in [4.69, 9.17) is 5.73 Å². The first-order chi connectivity index (χ1) is 12.2. The van der Waals surface area contributed by atoms with Crippen molar-refractivity contribution in [2.45, 2.75) is 11.1 Å². The molecular formula is C14H8F3N5O3S. The van der Waals surface area contributed by atoms with E-state index in [1.165, 1.54) is 18.2 Å². The molecule has 0 radical (unpaired) electrons. The number of amides is 1. The number of anilines is 1. The molecule has 0 atom stereocenters. The zero-order valence-corrected chi connectivity index (χ0v) is 13.4. The SMILES string of the molecule is NC(=O)/C(=C1\Nc2ccc([N+](=O)[O-])cc2S1)c1nccc(C(F)(F)F)n1. The summed E-state index contributed by atoms with van der Waals surface area (Å²) in [5.74, 6) is -1.54. The molecular weight excluding hydrogens is 375 g/mol. The summed E-state index contributed by atoms with van der Waals surface area (Å²) in [5.41, 5.74) is 4.00. The summed E-state index contributed by atoms with van der Waals surface area (Å²) in [6, 6.07) is 4.60. The van der Waals surface area contributed by atoms with Gasteiger partial charge in [0.05, 0.1) is 15.6 Å². The minimum Gasteiger partial charge on any atom is -0.365 e. The molecule has 0 spiro atoms. The van der Waals surface area contributed by atoms with Gasteiger partial charge in [-0.1, -0.05) is 11.8 Å². The van der Waals surface area contributed by atoms with Crippen molar-refractivity contribution in [3.8, 4) is 0 Å². The molecule has 1 aliphatic heterocycles. The number of benzene rings is 1. The summed E-state index contributed by atoms with van der Waals surface area (Å²) in [5, 5.41) is 13.7. The number of thioether (sulfide) groups is 1. The second kappa shape index (κ2) is 6.29. The van der Waals surface area contributed by atoms with Gasteiger partial charge in [-0.05, 0) is 12.1 Å². The standard InChI is InChI=1S/C14H8F3N5O3S/c15-14(16,17)9-3-4-19-12(21-9)10(11(18)23)13-20-7-2-1-6(22(24)25)5-8(7)26-13/h1-5,20H,(H2,18,23)/b13-10-. The molecule has 1 aromatic heterocycles. The Kier molecular flexibility index (Phi) is 4.28. The fraction of sp³-hybridized carbons (Fsp3) is 0.0714. The number of rotatable bonds is 3. The van der Waals surface area contributed by atoms with Crippen molar-refractivity contribution in [1.29, 1.82) is 0 Å². The van der Waals surface area contributed by atoms with E-state index in [1.54, 1.807) is 0 Å². The van der Waals surface area contributed by atoms with Crippen molar-refractivity contribution >= 4 is 34.6 Å². The lowest BCUT2D eigenvalue weighted by molar-refractivity contribution is -0.385. The summed E-state index contributed by atoms with van der Waals surface area (Å²) < 4.78 is 38.5. The van der Waals surface area contributed by atoms with Gasteiger partial charge in [-0.3, -0.25) is 14.9 Å². The van der Waals surface area contributed by atoms with Gasteiger partial charge in [0.2, 0.25) is 0 Å². The molecule has 1 aromatic carbocycles. The van der Waals surface area contributed by atoms with Gasteiger partial charge in [0.15, 0.2) is 5.82 Å². The van der Waals surface area contributed by atoms with Crippen LogP contribution >= 0.6 is 11.8 Å². The minimum atomic E-state index is -4.72. The van der Waals surface area contributed by atoms with E-state index in [0.717, 1.165) is 18.0 Å². The number of hydrogen-bond acceptors (Lipinski definition) is 7. The van der Waals surface area contributed by atoms with Crippen molar-refractivity contribution in [1.82, 2.24) is 9.97 Å². The third kappa shape index (κ3) is 3.31. The average Bonchev–Trinajstić information content (AvgIpc) is 2.96. The van der Waals surface area contributed by atoms with Crippen molar-refractivity contribution in [3.63, 3.8) is 0 Å². The number of nitro benzene ring substituents is 1. The zero-order chi connectivity index (χ0) is 19.1. The van der Waals surface area contributed by atoms with E-state index in [2.05, 4.69) is 15.3 Å². The first-order valence-electron chi connectivity index (χ1n) is 6.85. The van der Waals surface area contributed by atoms with E-state index in [-0.39, 0.29) is 16.3 Å². The number of aromatic nitrogens is 2. The highest BCUT2D eigenvalue weighted by Crippen LogP contribution is 2.45. The van der Waals surface area contributed by atoms with Crippen LogP contribution in [0.2, 0.25) is 0 Å². The van der Waals surface area contributed by atoms with Crippen molar-refractivity contribution < 1.29 is 22.9 Å². The van der Waals surface area contributed by atoms with Crippen LogP contribution in [0.3, 0.4) is 0 Å². The van der Waals surface area contributed by atoms with Gasteiger partial charge in [-0.15, -0.1) is 0 Å². The Morgan fingerprint density at radius 2 is 2.04 bits per heavy atom. The molecule has 0 saturated carbocycles. The Labute approximate surface area is 147 Å². The van der Waals surface area contributed by atoms with E-state index in [1.807, 2.05) is 0 Å². The second-order valence-electron chi connectivity index (χ2n) is 5.00. The number of primary amides is 1. The normalized spacial score (nSPS) is 15.2. The molecule has 2 aromatic rings. The van der Waals surface area contributed by atoms with Crippen LogP contribution in [0.5, 0.6) is 0 Å². The van der Waals surface area contributed by atoms with Crippen molar-refractivity contribution in [2.75, 3.05) is 5.32 Å². The van der Waals surface area contributed by atoms with Gasteiger partial charge in [-0.25, -0.2) is 9.97 Å². The molecule has 1 amide bonds. The van der Waals surface area contributed by atoms with E-state index in [0.29, 0.717) is 16.6 Å². The lowest BCUT2D eigenvalue weighted by Crippen LogP contribution is -2.19. The maximum absolute atomic E-state index is 12.8. The topological polar surface area (TPSA) is 124 Å². The molecule has 0 fully saturated rings. The van der Waals surface area contributed by atoms with Crippen LogP contribution in [0.25, 0.3) is 5.57 Å². The van der Waals surface area contributed by atoms with Gasteiger partial charge in [0.25, 0.3) is 11.6 Å². The van der Waals surface area contributed by atoms with Gasteiger partial charge in [0.1, 0.15) is 11.3 Å². The first-order valence-corrected chi connectivity index (χ1v) is 7.66. The number of carbonyl (C=O) groups excluding carboxylic acids is 1. The molecule has 12 heteroatoms. The van der Waals surface area contributed by atoms with E-state index in [9.17, 15) is 28.1 Å². The minimum absolute atomic E-state index is 0.0901. The molecule has 134 valence electrons. The number of alkyl halides is 3. The number of non-ortho nitro benzene ring substituents is 1. The number of nitrogens with two attached hydrogens (primary N) is 1. The van der Waals surface area contributed by atoms with Gasteiger partial charge >= 0.3 is 6.18 Å². The van der Waals surface area contributed by atoms with Crippen LogP contribution in [-0.2, 0) is 11.0 Å². The molecule has 3 rings (SSSR count). The lowest BCUT2D eigenvalue weighted by atomic mass is 10.2. The highest BCUT2D eigenvalue weighted by atomic mass is 32.2. The molecule has 0 saturated heterocycles. The summed E-state index contributed by atoms with van der Waals surface area (Å²) in [4.78, 5) is 29.5. The maximum Gasteiger partial charge on any atom is 0.433 e. The molecule has 2 heterocycles. The Bertz CT molecular complexity index is 961. The average molecular weight is 383 g/mol. The predicted molar refractivity (Wildman–Crippen MR) is 85.7 cm³/mol. The van der Waals surface area contributed by atoms with Crippen LogP contribution in [0.15, 0.2) is 40.4 Å². The molecule has 1 aliphatic rings. The Balaban J connectivity index is 2.07. The fourth-order valence-corrected chi connectivity index (χ4v) is 3.23. The fourth-order valence-electron chi connectivity index (χ4n) is 2.14. The van der Waals surface area contributed by atoms with Gasteiger partial charge in [0, 0.05) is 23.2 Å². The summed E-state index contributed by atoms with van der Waals surface area (Å²) in [6.07, 6.45) is -3.85. The number of nitro groups is 1. The predicted octanol–water partition coefficient (Wildman–Crippen LogP) is 2.78. The number of hydrogen-bond donors (Lipinski definition) is 2. The first kappa shape index (κ1) is 17.7. The number of carbonyl (C=O) groups is 1. The van der Waals surface area contributed by atoms with Crippen LogP contribution in [0.4, 0.5) is 24.5 Å². The third-order valence-corrected chi connectivity index (χ3v) is 4.35. The Hall–Kier alpha value is -3.15. The van der Waals surface area contributed by atoms with Crippen molar-refractivity contribution in [2.24, 2.45) is 5.73 Å².